The van der Waals surface area contributed by atoms with Crippen LogP contribution in [-0.4, -0.2) is 28.5 Å². The third-order valence-corrected chi connectivity index (χ3v) is 2.56. The minimum atomic E-state index is -0.876. The molecule has 0 saturated heterocycles. The lowest BCUT2D eigenvalue weighted by atomic mass is 9.97. The highest BCUT2D eigenvalue weighted by Gasteiger charge is 2.19. The molecule has 1 aromatic rings. The van der Waals surface area contributed by atoms with Crippen molar-refractivity contribution in [3.05, 3.63) is 30.1 Å². The zero-order valence-corrected chi connectivity index (χ0v) is 10.6. The van der Waals surface area contributed by atoms with Crippen molar-refractivity contribution >= 4 is 11.9 Å². The number of carbonyl (C=O) groups is 2. The van der Waals surface area contributed by atoms with Gasteiger partial charge in [0.1, 0.15) is 0 Å². The van der Waals surface area contributed by atoms with Crippen LogP contribution in [0, 0.1) is 11.8 Å². The standard InChI is InChI=1S/C13H18N2O3/c1-9(2)7-11(13(17)18)8-15-12(16)10-3-5-14-6-4-10/h3-6,9,11H,7-8H2,1-2H3,(H,15,16)(H,17,18). The molecule has 0 aliphatic heterocycles. The van der Waals surface area contributed by atoms with Gasteiger partial charge in [0, 0.05) is 24.5 Å². The van der Waals surface area contributed by atoms with Gasteiger partial charge in [-0.3, -0.25) is 14.6 Å². The summed E-state index contributed by atoms with van der Waals surface area (Å²) >= 11 is 0. The fraction of sp³-hybridized carbons (Fsp3) is 0.462. The summed E-state index contributed by atoms with van der Waals surface area (Å²) in [6.45, 7) is 4.07. The van der Waals surface area contributed by atoms with Crippen LogP contribution in [0.2, 0.25) is 0 Å². The van der Waals surface area contributed by atoms with Gasteiger partial charge in [-0.15, -0.1) is 0 Å². The molecule has 18 heavy (non-hydrogen) atoms. The fourth-order valence-corrected chi connectivity index (χ4v) is 1.66. The van der Waals surface area contributed by atoms with Crippen LogP contribution in [0.5, 0.6) is 0 Å². The number of aliphatic carboxylic acids is 1. The molecular weight excluding hydrogens is 232 g/mol. The summed E-state index contributed by atoms with van der Waals surface area (Å²) < 4.78 is 0. The van der Waals surface area contributed by atoms with E-state index in [1.165, 1.54) is 12.4 Å². The van der Waals surface area contributed by atoms with Crippen molar-refractivity contribution in [1.29, 1.82) is 0 Å². The minimum Gasteiger partial charge on any atom is -0.481 e. The molecule has 1 rings (SSSR count). The van der Waals surface area contributed by atoms with Crippen LogP contribution in [0.4, 0.5) is 0 Å². The first-order chi connectivity index (χ1) is 8.50. The molecule has 5 heteroatoms. The highest BCUT2D eigenvalue weighted by molar-refractivity contribution is 5.94. The first kappa shape index (κ1) is 14.2. The van der Waals surface area contributed by atoms with Crippen molar-refractivity contribution < 1.29 is 14.7 Å². The molecule has 0 radical (unpaired) electrons. The van der Waals surface area contributed by atoms with Crippen molar-refractivity contribution in [1.82, 2.24) is 10.3 Å². The van der Waals surface area contributed by atoms with E-state index in [-0.39, 0.29) is 18.4 Å². The lowest BCUT2D eigenvalue weighted by Crippen LogP contribution is -2.33. The van der Waals surface area contributed by atoms with E-state index in [2.05, 4.69) is 10.3 Å². The molecule has 1 aromatic heterocycles. The van der Waals surface area contributed by atoms with Gasteiger partial charge in [-0.25, -0.2) is 0 Å². The molecule has 1 amide bonds. The summed E-state index contributed by atoms with van der Waals surface area (Å²) in [6, 6.07) is 3.18. The van der Waals surface area contributed by atoms with E-state index >= 15 is 0 Å². The molecule has 0 aromatic carbocycles. The Morgan fingerprint density at radius 1 is 1.33 bits per heavy atom. The number of aromatic nitrogens is 1. The second-order valence-electron chi connectivity index (χ2n) is 4.61. The van der Waals surface area contributed by atoms with Crippen LogP contribution in [0.25, 0.3) is 0 Å². The predicted molar refractivity (Wildman–Crippen MR) is 67.2 cm³/mol. The Hall–Kier alpha value is -1.91. The van der Waals surface area contributed by atoms with Gasteiger partial charge in [0.2, 0.25) is 0 Å². The molecule has 0 fully saturated rings. The summed E-state index contributed by atoms with van der Waals surface area (Å²) in [4.78, 5) is 26.6. The molecule has 1 atom stereocenters. The number of hydrogen-bond acceptors (Lipinski definition) is 3. The molecule has 0 spiro atoms. The zero-order valence-electron chi connectivity index (χ0n) is 10.6. The fourth-order valence-electron chi connectivity index (χ4n) is 1.66. The summed E-state index contributed by atoms with van der Waals surface area (Å²) in [5, 5.41) is 11.7. The van der Waals surface area contributed by atoms with Gasteiger partial charge >= 0.3 is 5.97 Å². The maximum Gasteiger partial charge on any atom is 0.308 e. The van der Waals surface area contributed by atoms with Crippen molar-refractivity contribution in [2.24, 2.45) is 11.8 Å². The minimum absolute atomic E-state index is 0.147. The molecular formula is C13H18N2O3. The molecule has 1 unspecified atom stereocenters. The number of carbonyl (C=O) groups excluding carboxylic acids is 1. The van der Waals surface area contributed by atoms with E-state index in [4.69, 9.17) is 5.11 Å². The van der Waals surface area contributed by atoms with Gasteiger partial charge in [0.05, 0.1) is 5.92 Å². The topological polar surface area (TPSA) is 79.3 Å². The largest absolute Gasteiger partial charge is 0.481 e. The normalized spacial score (nSPS) is 12.2. The Morgan fingerprint density at radius 3 is 2.44 bits per heavy atom. The van der Waals surface area contributed by atoms with Gasteiger partial charge in [0.15, 0.2) is 0 Å². The maximum atomic E-state index is 11.7. The summed E-state index contributed by atoms with van der Waals surface area (Å²) in [6.07, 6.45) is 3.60. The van der Waals surface area contributed by atoms with Crippen molar-refractivity contribution in [3.8, 4) is 0 Å². The Kier molecular flexibility index (Phi) is 5.30. The van der Waals surface area contributed by atoms with E-state index in [0.29, 0.717) is 12.0 Å². The van der Waals surface area contributed by atoms with E-state index in [9.17, 15) is 9.59 Å². The van der Waals surface area contributed by atoms with Crippen LogP contribution in [-0.2, 0) is 4.79 Å². The molecule has 1 heterocycles. The number of carboxylic acids is 1. The Balaban J connectivity index is 2.52. The van der Waals surface area contributed by atoms with E-state index in [0.717, 1.165) is 0 Å². The van der Waals surface area contributed by atoms with Crippen LogP contribution in [0.3, 0.4) is 0 Å². The quantitative estimate of drug-likeness (QED) is 0.803. The van der Waals surface area contributed by atoms with Crippen molar-refractivity contribution in [2.45, 2.75) is 20.3 Å². The first-order valence-corrected chi connectivity index (χ1v) is 5.91. The average Bonchev–Trinajstić information content (AvgIpc) is 2.34. The molecule has 98 valence electrons. The SMILES string of the molecule is CC(C)CC(CNC(=O)c1ccncc1)C(=O)O. The Bertz CT molecular complexity index is 404. The molecule has 0 bridgehead atoms. The number of nitrogens with zero attached hydrogens (tertiary/aromatic N) is 1. The lowest BCUT2D eigenvalue weighted by molar-refractivity contribution is -0.142. The molecule has 0 aliphatic carbocycles. The lowest BCUT2D eigenvalue weighted by Gasteiger charge is -2.15. The second-order valence-corrected chi connectivity index (χ2v) is 4.61. The molecule has 2 N–H and O–H groups in total. The van der Waals surface area contributed by atoms with Crippen molar-refractivity contribution in [3.63, 3.8) is 0 Å². The van der Waals surface area contributed by atoms with Crippen LogP contribution in [0.1, 0.15) is 30.6 Å². The molecule has 5 nitrogen and oxygen atoms in total. The third kappa shape index (κ3) is 4.53. The van der Waals surface area contributed by atoms with Gasteiger partial charge in [0.25, 0.3) is 5.91 Å². The summed E-state index contributed by atoms with van der Waals surface area (Å²) in [5.74, 6) is -1.41. The average molecular weight is 250 g/mol. The van der Waals surface area contributed by atoms with Gasteiger partial charge in [-0.05, 0) is 24.5 Å². The summed E-state index contributed by atoms with van der Waals surface area (Å²) in [7, 11) is 0. The van der Waals surface area contributed by atoms with Crippen LogP contribution >= 0.6 is 0 Å². The maximum absolute atomic E-state index is 11.7. The smallest absolute Gasteiger partial charge is 0.308 e. The number of carboxylic acid groups (broad SMARTS) is 1. The van der Waals surface area contributed by atoms with E-state index in [1.807, 2.05) is 13.8 Å². The van der Waals surface area contributed by atoms with E-state index in [1.54, 1.807) is 12.1 Å². The third-order valence-electron chi connectivity index (χ3n) is 2.56. The first-order valence-electron chi connectivity index (χ1n) is 5.91. The number of pyridine rings is 1. The van der Waals surface area contributed by atoms with E-state index < -0.39 is 11.9 Å². The van der Waals surface area contributed by atoms with Gasteiger partial charge in [-0.2, -0.15) is 0 Å². The second kappa shape index (κ2) is 6.74. The van der Waals surface area contributed by atoms with Crippen LogP contribution in [0.15, 0.2) is 24.5 Å². The number of hydrogen-bond donors (Lipinski definition) is 2. The zero-order chi connectivity index (χ0) is 13.5. The highest BCUT2D eigenvalue weighted by Crippen LogP contribution is 2.11. The summed E-state index contributed by atoms with van der Waals surface area (Å²) in [5.41, 5.74) is 0.485. The van der Waals surface area contributed by atoms with Crippen LogP contribution < -0.4 is 5.32 Å². The molecule has 0 saturated carbocycles. The van der Waals surface area contributed by atoms with Gasteiger partial charge in [-0.1, -0.05) is 13.8 Å². The monoisotopic (exact) mass is 250 g/mol. The Labute approximate surface area is 106 Å². The predicted octanol–water partition coefficient (Wildman–Crippen LogP) is 1.56. The number of amides is 1. The highest BCUT2D eigenvalue weighted by atomic mass is 16.4. The van der Waals surface area contributed by atoms with Gasteiger partial charge < -0.3 is 10.4 Å². The van der Waals surface area contributed by atoms with Crippen molar-refractivity contribution in [2.75, 3.05) is 6.54 Å². The molecule has 0 aliphatic rings. The number of rotatable bonds is 6. The number of nitrogens with one attached hydrogen (secondary N) is 1. The Morgan fingerprint density at radius 2 is 1.94 bits per heavy atom.